The van der Waals surface area contributed by atoms with Crippen LogP contribution in [0.15, 0.2) is 20.3 Å². The lowest BCUT2D eigenvalue weighted by molar-refractivity contribution is -0.163. The van der Waals surface area contributed by atoms with Gasteiger partial charge >= 0.3 is 5.97 Å². The standard InChI is InChI=1S/C19H24N4O4S2/c1-8-14-13(9(2)24)17(25)23(14)15(18(26)27)16(8)29-19-21-12(7-28-19)11-4-5-22(6-11)10(3)20/h7-9,11,13-14,20,24H,4-6H2,1-3H3,(H,26,27)/t8-,9-,11+,13-,14-/m1/s1. The Balaban J connectivity index is 1.55. The van der Waals surface area contributed by atoms with Crippen LogP contribution in [0.25, 0.3) is 0 Å². The maximum absolute atomic E-state index is 12.4. The molecule has 2 fully saturated rings. The van der Waals surface area contributed by atoms with Gasteiger partial charge in [-0.05, 0) is 20.3 Å². The Kier molecular flexibility index (Phi) is 5.20. The van der Waals surface area contributed by atoms with Crippen LogP contribution in [-0.2, 0) is 9.59 Å². The summed E-state index contributed by atoms with van der Waals surface area (Å²) in [5.41, 5.74) is 1.00. The Morgan fingerprint density at radius 1 is 1.48 bits per heavy atom. The van der Waals surface area contributed by atoms with E-state index >= 15 is 0 Å². The van der Waals surface area contributed by atoms with Gasteiger partial charge in [-0.3, -0.25) is 10.2 Å². The highest BCUT2D eigenvalue weighted by Gasteiger charge is 2.60. The monoisotopic (exact) mass is 436 g/mol. The Bertz CT molecular complexity index is 912. The number of likely N-dealkylation sites (tertiary alicyclic amines) is 1. The number of hydrogen-bond acceptors (Lipinski definition) is 7. The normalized spacial score (nSPS) is 29.9. The van der Waals surface area contributed by atoms with Gasteiger partial charge in [0.25, 0.3) is 0 Å². The molecule has 0 aliphatic carbocycles. The summed E-state index contributed by atoms with van der Waals surface area (Å²) in [6, 6.07) is -0.311. The van der Waals surface area contributed by atoms with Gasteiger partial charge in [0.1, 0.15) is 5.70 Å². The fourth-order valence-corrected chi connectivity index (χ4v) is 6.74. The average molecular weight is 437 g/mol. The van der Waals surface area contributed by atoms with Crippen LogP contribution in [0.2, 0.25) is 0 Å². The summed E-state index contributed by atoms with van der Waals surface area (Å²) in [5, 5.41) is 29.5. The predicted molar refractivity (Wildman–Crippen MR) is 110 cm³/mol. The van der Waals surface area contributed by atoms with Crippen molar-refractivity contribution in [3.63, 3.8) is 0 Å². The zero-order valence-corrected chi connectivity index (χ0v) is 18.1. The summed E-state index contributed by atoms with van der Waals surface area (Å²) in [5.74, 6) is -1.33. The summed E-state index contributed by atoms with van der Waals surface area (Å²) in [6.45, 7) is 6.91. The van der Waals surface area contributed by atoms with Crippen LogP contribution < -0.4 is 0 Å². The highest BCUT2D eigenvalue weighted by Crippen LogP contribution is 2.52. The van der Waals surface area contributed by atoms with Gasteiger partial charge in [0.15, 0.2) is 4.34 Å². The predicted octanol–water partition coefficient (Wildman–Crippen LogP) is 2.18. The molecule has 29 heavy (non-hydrogen) atoms. The molecule has 0 aromatic carbocycles. The van der Waals surface area contributed by atoms with Crippen LogP contribution in [0.1, 0.15) is 38.8 Å². The van der Waals surface area contributed by atoms with Gasteiger partial charge in [-0.15, -0.1) is 11.3 Å². The zero-order chi connectivity index (χ0) is 21.0. The van der Waals surface area contributed by atoms with Gasteiger partial charge in [-0.2, -0.15) is 0 Å². The number of aliphatic hydroxyl groups is 1. The molecule has 0 radical (unpaired) electrons. The second-order valence-corrected chi connectivity index (χ2v) is 10.1. The van der Waals surface area contributed by atoms with Crippen LogP contribution in [0.3, 0.4) is 0 Å². The number of aromatic nitrogens is 1. The number of carboxylic acid groups (broad SMARTS) is 1. The van der Waals surface area contributed by atoms with Gasteiger partial charge in [0, 0.05) is 35.2 Å². The SMILES string of the molecule is CC(=N)N1CC[C@H](c2csc(SC3=C(C(=O)O)N4C(=O)[C@H]([C@@H](C)O)[C@H]4[C@H]3C)n2)C1. The summed E-state index contributed by atoms with van der Waals surface area (Å²) >= 11 is 2.80. The lowest BCUT2D eigenvalue weighted by Crippen LogP contribution is -2.63. The fourth-order valence-electron chi connectivity index (χ4n) is 4.56. The van der Waals surface area contributed by atoms with Crippen molar-refractivity contribution in [2.75, 3.05) is 13.1 Å². The summed E-state index contributed by atoms with van der Waals surface area (Å²) in [6.07, 6.45) is 0.143. The third-order valence-electron chi connectivity index (χ3n) is 6.09. The molecule has 5 atom stereocenters. The van der Waals surface area contributed by atoms with E-state index in [4.69, 9.17) is 10.4 Å². The Labute approximate surface area is 177 Å². The molecule has 3 aliphatic heterocycles. The van der Waals surface area contributed by atoms with Crippen LogP contribution >= 0.6 is 23.1 Å². The third kappa shape index (κ3) is 3.27. The van der Waals surface area contributed by atoms with Crippen LogP contribution in [0.4, 0.5) is 0 Å². The number of β-lactam (4-membered cyclic amide) rings is 1. The molecule has 3 N–H and O–H groups in total. The quantitative estimate of drug-likeness (QED) is 0.368. The summed E-state index contributed by atoms with van der Waals surface area (Å²) < 4.78 is 0.758. The largest absolute Gasteiger partial charge is 0.477 e. The first-order valence-corrected chi connectivity index (χ1v) is 11.3. The van der Waals surface area contributed by atoms with Crippen molar-refractivity contribution in [3.05, 3.63) is 21.7 Å². The van der Waals surface area contributed by atoms with Crippen molar-refractivity contribution in [2.45, 2.75) is 49.6 Å². The minimum atomic E-state index is -1.12. The first kappa shape index (κ1) is 20.4. The number of thioether (sulfide) groups is 1. The van der Waals surface area contributed by atoms with Crippen LogP contribution in [-0.4, -0.2) is 67.9 Å². The molecule has 8 nitrogen and oxygen atoms in total. The van der Waals surface area contributed by atoms with E-state index in [1.807, 2.05) is 17.2 Å². The molecule has 0 unspecified atom stereocenters. The van der Waals surface area contributed by atoms with E-state index in [9.17, 15) is 19.8 Å². The highest BCUT2D eigenvalue weighted by atomic mass is 32.2. The van der Waals surface area contributed by atoms with Crippen LogP contribution in [0.5, 0.6) is 0 Å². The van der Waals surface area contributed by atoms with Crippen molar-refractivity contribution in [3.8, 4) is 0 Å². The van der Waals surface area contributed by atoms with Crippen molar-refractivity contribution in [1.82, 2.24) is 14.8 Å². The summed E-state index contributed by atoms with van der Waals surface area (Å²) in [4.78, 5) is 33.1. The zero-order valence-electron chi connectivity index (χ0n) is 16.5. The van der Waals surface area contributed by atoms with Gasteiger partial charge in [-0.25, -0.2) is 9.78 Å². The number of aliphatic hydroxyl groups excluding tert-OH is 1. The Morgan fingerprint density at radius 3 is 2.79 bits per heavy atom. The Morgan fingerprint density at radius 2 is 2.21 bits per heavy atom. The Hall–Kier alpha value is -1.91. The number of amides is 1. The van der Waals surface area contributed by atoms with E-state index in [1.165, 1.54) is 28.0 Å². The molecule has 1 aromatic heterocycles. The number of carbonyl (C=O) groups is 2. The smallest absolute Gasteiger partial charge is 0.353 e. The molecule has 2 saturated heterocycles. The van der Waals surface area contributed by atoms with E-state index in [2.05, 4.69) is 0 Å². The van der Waals surface area contributed by atoms with Crippen molar-refractivity contribution >= 4 is 40.8 Å². The van der Waals surface area contributed by atoms with Gasteiger partial charge < -0.3 is 20.0 Å². The molecule has 0 bridgehead atoms. The topological polar surface area (TPSA) is 118 Å². The number of amidine groups is 1. The number of aliphatic carboxylic acids is 1. The minimum Gasteiger partial charge on any atom is -0.477 e. The molecule has 4 rings (SSSR count). The molecular weight excluding hydrogens is 412 g/mol. The number of carbonyl (C=O) groups excluding carboxylic acids is 1. The number of carboxylic acids is 1. The average Bonchev–Trinajstić information content (AvgIpc) is 3.33. The first-order chi connectivity index (χ1) is 13.7. The van der Waals surface area contributed by atoms with E-state index in [1.54, 1.807) is 13.8 Å². The number of nitrogens with one attached hydrogen (secondary N) is 1. The maximum Gasteiger partial charge on any atom is 0.353 e. The molecule has 1 amide bonds. The van der Waals surface area contributed by atoms with Crippen molar-refractivity contribution < 1.29 is 19.8 Å². The number of hydrogen-bond donors (Lipinski definition) is 3. The lowest BCUT2D eigenvalue weighted by atomic mass is 9.79. The van der Waals surface area contributed by atoms with Gasteiger partial charge in [-0.1, -0.05) is 18.7 Å². The van der Waals surface area contributed by atoms with E-state index in [0.29, 0.717) is 10.7 Å². The summed E-state index contributed by atoms with van der Waals surface area (Å²) in [7, 11) is 0. The van der Waals surface area contributed by atoms with E-state index in [-0.39, 0.29) is 29.5 Å². The second kappa shape index (κ2) is 7.41. The second-order valence-electron chi connectivity index (χ2n) is 7.93. The molecule has 10 heteroatoms. The van der Waals surface area contributed by atoms with Gasteiger partial charge in [0.2, 0.25) is 5.91 Å². The number of rotatable bonds is 5. The number of thiazole rings is 1. The fraction of sp³-hybridized carbons (Fsp3) is 0.579. The third-order valence-corrected chi connectivity index (χ3v) is 8.33. The molecule has 0 saturated carbocycles. The number of nitrogens with zero attached hydrogens (tertiary/aromatic N) is 3. The lowest BCUT2D eigenvalue weighted by Gasteiger charge is -2.46. The van der Waals surface area contributed by atoms with Crippen molar-refractivity contribution in [2.24, 2.45) is 11.8 Å². The molecule has 3 aliphatic rings. The van der Waals surface area contributed by atoms with Gasteiger partial charge in [0.05, 0.1) is 29.6 Å². The van der Waals surface area contributed by atoms with E-state index < -0.39 is 18.0 Å². The molecule has 0 spiro atoms. The maximum atomic E-state index is 12.4. The number of fused-ring (bicyclic) bond motifs is 1. The van der Waals surface area contributed by atoms with Crippen LogP contribution in [0, 0.1) is 17.2 Å². The van der Waals surface area contributed by atoms with E-state index in [0.717, 1.165) is 29.5 Å². The van der Waals surface area contributed by atoms with Crippen molar-refractivity contribution in [1.29, 1.82) is 5.41 Å². The minimum absolute atomic E-state index is 0.0256. The molecule has 1 aromatic rings. The molecular formula is C19H24N4O4S2. The highest BCUT2D eigenvalue weighted by molar-refractivity contribution is 8.04. The molecule has 156 valence electrons. The molecule has 4 heterocycles. The first-order valence-electron chi connectivity index (χ1n) is 9.62.